The molecule has 4 heterocycles. The average molecular weight is 1530 g/mol. The number of hydrogen-bond donors (Lipinski definition) is 0. The molecule has 4 saturated carbocycles. The highest BCUT2D eigenvalue weighted by Gasteiger charge is 2.69. The summed E-state index contributed by atoms with van der Waals surface area (Å²) < 4.78 is 9.71. The minimum atomic E-state index is -0.282. The number of hydrogen-bond acceptors (Lipinski definition) is 4. The van der Waals surface area contributed by atoms with E-state index in [1.54, 1.807) is 0 Å². The zero-order valence-electron chi connectivity index (χ0n) is 67.2. The largest absolute Gasteiger partial charge is 0.324 e. The Kier molecular flexibility index (Phi) is 20.4. The van der Waals surface area contributed by atoms with Crippen LogP contribution < -0.4 is 0 Å². The van der Waals surface area contributed by atoms with Gasteiger partial charge in [-0.25, -0.2) is 19.9 Å². The number of benzene rings is 12. The fourth-order valence-corrected chi connectivity index (χ4v) is 21.4. The molecule has 8 nitrogen and oxygen atoms in total. The molecule has 0 spiro atoms. The Balaban J connectivity index is 0.746. The van der Waals surface area contributed by atoms with Gasteiger partial charge in [0.15, 0.2) is 0 Å². The van der Waals surface area contributed by atoms with E-state index in [9.17, 15) is 0 Å². The highest BCUT2D eigenvalue weighted by Crippen LogP contribution is 2.75. The molecule has 8 heteroatoms. The van der Waals surface area contributed by atoms with Crippen molar-refractivity contribution < 1.29 is 0 Å². The van der Waals surface area contributed by atoms with Gasteiger partial charge in [0.2, 0.25) is 0 Å². The summed E-state index contributed by atoms with van der Waals surface area (Å²) in [4.78, 5) is 21.9. The van der Waals surface area contributed by atoms with Gasteiger partial charge in [-0.1, -0.05) is 242 Å². The van der Waals surface area contributed by atoms with Crippen LogP contribution in [0.5, 0.6) is 0 Å². The Hall–Kier alpha value is -13.2. The number of aromatic nitrogens is 8. The first kappa shape index (κ1) is 74.8. The lowest BCUT2D eigenvalue weighted by Crippen LogP contribution is -2.67. The van der Waals surface area contributed by atoms with Crippen molar-refractivity contribution in [3.63, 3.8) is 0 Å². The third kappa shape index (κ3) is 14.5. The molecule has 0 radical (unpaired) electrons. The van der Waals surface area contributed by atoms with Crippen LogP contribution in [0.1, 0.15) is 157 Å². The molecule has 576 valence electrons. The number of imidazole rings is 4. The van der Waals surface area contributed by atoms with Gasteiger partial charge in [0.25, 0.3) is 0 Å². The van der Waals surface area contributed by atoms with Crippen LogP contribution in [0, 0.1) is 49.4 Å². The van der Waals surface area contributed by atoms with Crippen molar-refractivity contribution in [3.8, 4) is 94.9 Å². The normalized spacial score (nSPS) is 17.9. The monoisotopic (exact) mass is 1530 g/mol. The maximum absolute atomic E-state index is 6.14. The van der Waals surface area contributed by atoms with Crippen LogP contribution >= 0.6 is 0 Å². The molecule has 0 saturated heterocycles. The average Bonchev–Trinajstić information content (AvgIpc) is 0.671. The van der Waals surface area contributed by atoms with Crippen molar-refractivity contribution in [2.45, 2.75) is 163 Å². The number of aryl methyl sites for hydroxylation is 8. The highest BCUT2D eigenvalue weighted by molar-refractivity contribution is 5.86. The van der Waals surface area contributed by atoms with Crippen LogP contribution in [-0.4, -0.2) is 38.2 Å². The maximum Gasteiger partial charge on any atom is 0.141 e. The Bertz CT molecular complexity index is 5690. The summed E-state index contributed by atoms with van der Waals surface area (Å²) in [5.41, 5.74) is 25.8. The first-order valence-corrected chi connectivity index (χ1v) is 42.5. The van der Waals surface area contributed by atoms with Crippen LogP contribution in [0.2, 0.25) is 0 Å². The van der Waals surface area contributed by atoms with E-state index in [-0.39, 0.29) is 21.7 Å². The molecular formula is C110H96N8. The van der Waals surface area contributed by atoms with Crippen LogP contribution in [-0.2, 0) is 73.5 Å². The van der Waals surface area contributed by atoms with Crippen LogP contribution in [0.4, 0.5) is 0 Å². The van der Waals surface area contributed by atoms with Gasteiger partial charge >= 0.3 is 0 Å². The first-order valence-electron chi connectivity index (χ1n) is 42.5. The number of fused-ring (bicyclic) bond motifs is 4. The van der Waals surface area contributed by atoms with E-state index < -0.39 is 0 Å². The summed E-state index contributed by atoms with van der Waals surface area (Å²) in [7, 11) is 0. The van der Waals surface area contributed by atoms with Crippen molar-refractivity contribution in [1.82, 2.24) is 38.2 Å². The van der Waals surface area contributed by atoms with Gasteiger partial charge in [-0.15, -0.1) is 25.7 Å². The van der Waals surface area contributed by atoms with Crippen LogP contribution in [0.15, 0.2) is 291 Å². The Morgan fingerprint density at radius 1 is 0.237 bits per heavy atom. The maximum atomic E-state index is 6.14. The van der Waals surface area contributed by atoms with E-state index in [1.165, 1.54) is 44.5 Å². The molecular weight excluding hydrogens is 1430 g/mol. The van der Waals surface area contributed by atoms with Crippen LogP contribution in [0.3, 0.4) is 0 Å². The van der Waals surface area contributed by atoms with Gasteiger partial charge in [-0.05, 0) is 255 Å². The fraction of sp³-hybridized carbons (Fsp3) is 0.236. The van der Waals surface area contributed by atoms with Crippen molar-refractivity contribution >= 4 is 44.1 Å². The second-order valence-corrected chi connectivity index (χ2v) is 34.0. The van der Waals surface area contributed by atoms with Gasteiger partial charge in [-0.3, -0.25) is 0 Å². The number of unbranched alkanes of at least 4 members (excludes halogenated alkanes) is 4. The molecule has 0 atom stereocenters. The van der Waals surface area contributed by atoms with Gasteiger partial charge in [0, 0.05) is 70.7 Å². The molecule has 4 bridgehead atoms. The highest BCUT2D eigenvalue weighted by atomic mass is 15.1. The van der Waals surface area contributed by atoms with Gasteiger partial charge < -0.3 is 18.3 Å². The molecule has 4 aliphatic carbocycles. The van der Waals surface area contributed by atoms with Gasteiger partial charge in [0.05, 0.1) is 44.1 Å². The number of nitrogens with zero attached hydrogens (tertiary/aromatic N) is 8. The summed E-state index contributed by atoms with van der Waals surface area (Å²) >= 11 is 0. The first-order chi connectivity index (χ1) is 58.1. The van der Waals surface area contributed by atoms with Crippen molar-refractivity contribution in [3.05, 3.63) is 358 Å². The summed E-state index contributed by atoms with van der Waals surface area (Å²) in [6, 6.07) is 108. The molecule has 4 fully saturated rings. The molecule has 12 aromatic carbocycles. The molecule has 4 aliphatic rings. The smallest absolute Gasteiger partial charge is 0.141 e. The Labute approximate surface area is 694 Å². The van der Waals surface area contributed by atoms with E-state index in [4.69, 9.17) is 45.6 Å². The molecule has 16 aromatic rings. The van der Waals surface area contributed by atoms with E-state index >= 15 is 0 Å². The number of rotatable bonds is 28. The minimum Gasteiger partial charge on any atom is -0.324 e. The van der Waals surface area contributed by atoms with E-state index in [2.05, 4.69) is 309 Å². The fourth-order valence-electron chi connectivity index (χ4n) is 21.4. The standard InChI is InChI=1S/C110H96N8/c1-5-79-41-61-95-99(69-79)115(65-25-21-37-83-29-13-9-14-30-83)103(111-95)87-45-53-91(54-46-87)107-73-108(92-55-47-88(48-56-92)104-112-96-62-42-80(6-2)70-100(96)116(104)66-26-22-38-84-31-15-10-16-32-84)76-109(74-107,93-57-49-89(50-58-93)105-113-97-63-43-81(7-3)71-101(97)117(105)67-27-23-39-85-33-17-11-18-34-85)78-110(75-107,77-108)94-59-51-90(52-60-94)106-114-98-64-44-82(8-4)72-102(98)118(106)68-28-24-40-86-35-19-12-20-36-86/h1-4,9-20,29-36,41-64,69-72H,21-28,37-40,65-68,73-78H2. The van der Waals surface area contributed by atoms with Crippen molar-refractivity contribution in [2.75, 3.05) is 0 Å². The predicted octanol–water partition coefficient (Wildman–Crippen LogP) is 24.2. The lowest BCUT2D eigenvalue weighted by Gasteiger charge is -2.71. The third-order valence-electron chi connectivity index (χ3n) is 26.5. The summed E-state index contributed by atoms with van der Waals surface area (Å²) in [5, 5.41) is 0. The SMILES string of the molecule is C#Cc1ccc2nc(-c3ccc(C45CC6(c7ccc(-c8nc9ccc(C#C)cc9n8CCCCc8ccccc8)cc7)CC(c7ccc(-c8nc9ccc(C#C)cc9n8CCCCc8ccccc8)cc7)(C4)CC(c4ccc(-c7nc8ccc(C#C)cc8n7CCCCc7ccccc7)cc4)(C5)C6)cc3)n(CCCCc3ccccc3)c2c1. The summed E-state index contributed by atoms with van der Waals surface area (Å²) in [6.07, 6.45) is 42.8. The van der Waals surface area contributed by atoms with Crippen molar-refractivity contribution in [1.29, 1.82) is 0 Å². The van der Waals surface area contributed by atoms with Crippen molar-refractivity contribution in [2.24, 2.45) is 0 Å². The zero-order valence-corrected chi connectivity index (χ0v) is 67.2. The quantitative estimate of drug-likeness (QED) is 0.0362. The van der Waals surface area contributed by atoms with E-state index in [0.29, 0.717) is 0 Å². The second kappa shape index (κ2) is 32.1. The van der Waals surface area contributed by atoms with Crippen LogP contribution in [0.25, 0.3) is 89.7 Å². The molecule has 0 unspecified atom stereocenters. The third-order valence-corrected chi connectivity index (χ3v) is 26.5. The zero-order chi connectivity index (χ0) is 79.6. The predicted molar refractivity (Wildman–Crippen MR) is 484 cm³/mol. The topological polar surface area (TPSA) is 71.3 Å². The van der Waals surface area contributed by atoms with E-state index in [0.717, 1.165) is 254 Å². The summed E-state index contributed by atoms with van der Waals surface area (Å²) in [5.74, 6) is 15.6. The molecule has 4 aromatic heterocycles. The molecule has 20 rings (SSSR count). The Morgan fingerprint density at radius 3 is 0.636 bits per heavy atom. The molecule has 0 amide bonds. The lowest BCUT2D eigenvalue weighted by atomic mass is 9.32. The molecule has 118 heavy (non-hydrogen) atoms. The van der Waals surface area contributed by atoms with E-state index in [1.807, 2.05) is 24.3 Å². The van der Waals surface area contributed by atoms with Gasteiger partial charge in [-0.2, -0.15) is 0 Å². The summed E-state index contributed by atoms with van der Waals surface area (Å²) in [6.45, 7) is 3.28. The number of terminal acetylenes is 4. The molecule has 0 N–H and O–H groups in total. The lowest BCUT2D eigenvalue weighted by molar-refractivity contribution is -0.0691. The molecule has 0 aliphatic heterocycles. The second-order valence-electron chi connectivity index (χ2n) is 34.0. The van der Waals surface area contributed by atoms with Gasteiger partial charge in [0.1, 0.15) is 23.3 Å². The minimum absolute atomic E-state index is 0.282. The Morgan fingerprint density at radius 2 is 0.441 bits per heavy atom.